The van der Waals surface area contributed by atoms with Crippen LogP contribution in [0.5, 0.6) is 0 Å². The highest BCUT2D eigenvalue weighted by atomic mass is 79.9. The summed E-state index contributed by atoms with van der Waals surface area (Å²) in [5, 5.41) is 0. The lowest BCUT2D eigenvalue weighted by atomic mass is 10.2. The van der Waals surface area contributed by atoms with E-state index in [2.05, 4.69) is 127 Å². The van der Waals surface area contributed by atoms with Gasteiger partial charge in [0.15, 0.2) is 0 Å². The summed E-state index contributed by atoms with van der Waals surface area (Å²) in [4.78, 5) is 0. The van der Waals surface area contributed by atoms with Crippen LogP contribution in [0.25, 0.3) is 0 Å². The molecule has 0 bridgehead atoms. The Bertz CT molecular complexity index is 289. The molecule has 1 unspecified atom stereocenters. The molecule has 1 rings (SSSR count). The molecule has 0 aromatic carbocycles. The third kappa shape index (κ3) is 4.88. The summed E-state index contributed by atoms with van der Waals surface area (Å²) >= 11 is 28.8. The third-order valence-corrected chi connectivity index (χ3v) is 16.6. The van der Waals surface area contributed by atoms with Gasteiger partial charge in [0.25, 0.3) is 0 Å². The topological polar surface area (TPSA) is 21.8 Å². The fourth-order valence-corrected chi connectivity index (χ4v) is 6.25. The van der Waals surface area contributed by atoms with Crippen molar-refractivity contribution in [2.75, 3.05) is 19.8 Å². The molecule has 1 fully saturated rings. The van der Waals surface area contributed by atoms with Crippen LogP contribution in [0.1, 0.15) is 0 Å². The Labute approximate surface area is 173 Å². The summed E-state index contributed by atoms with van der Waals surface area (Å²) in [5.74, 6) is 0. The molecule has 108 valence electrons. The van der Waals surface area contributed by atoms with Crippen LogP contribution in [0.4, 0.5) is 0 Å². The standard InChI is InChI=1S/C8H8Br8O2/c9-5(10)7(13,14)8(15,16)6(11,12)3-17-1-4-2-18-4/h4-5H,1-3H2. The van der Waals surface area contributed by atoms with E-state index in [4.69, 9.17) is 9.47 Å². The molecule has 0 radical (unpaired) electrons. The second kappa shape index (κ2) is 7.55. The van der Waals surface area contributed by atoms with E-state index in [0.717, 1.165) is 6.61 Å². The lowest BCUT2D eigenvalue weighted by Crippen LogP contribution is -2.52. The van der Waals surface area contributed by atoms with Gasteiger partial charge in [-0.1, -0.05) is 127 Å². The van der Waals surface area contributed by atoms with Gasteiger partial charge in [0.05, 0.1) is 23.6 Å². The zero-order valence-corrected chi connectivity index (χ0v) is 21.3. The van der Waals surface area contributed by atoms with Crippen LogP contribution in [0.2, 0.25) is 0 Å². The summed E-state index contributed by atoms with van der Waals surface area (Å²) in [5.41, 5.74) is 0. The van der Waals surface area contributed by atoms with Crippen LogP contribution < -0.4 is 0 Å². The van der Waals surface area contributed by atoms with Crippen molar-refractivity contribution in [1.29, 1.82) is 0 Å². The van der Waals surface area contributed by atoms with E-state index in [9.17, 15) is 0 Å². The second-order valence-corrected chi connectivity index (χ2v) is 17.5. The van der Waals surface area contributed by atoms with Crippen molar-refractivity contribution in [3.05, 3.63) is 0 Å². The molecule has 0 aromatic rings. The van der Waals surface area contributed by atoms with E-state index in [-0.39, 0.29) is 9.84 Å². The number of rotatable bonds is 7. The first-order valence-electron chi connectivity index (χ1n) is 4.63. The van der Waals surface area contributed by atoms with E-state index >= 15 is 0 Å². The number of halogens is 8. The summed E-state index contributed by atoms with van der Waals surface area (Å²) in [7, 11) is 0. The Balaban J connectivity index is 2.66. The Morgan fingerprint density at radius 3 is 2.00 bits per heavy atom. The lowest BCUT2D eigenvalue weighted by molar-refractivity contribution is 0.113. The molecule has 0 aliphatic carbocycles. The first-order valence-corrected chi connectivity index (χ1v) is 11.2. The molecule has 0 N–H and O–H groups in total. The molecular formula is C8H8Br8O2. The molecule has 1 aliphatic rings. The van der Waals surface area contributed by atoms with Crippen LogP contribution >= 0.6 is 127 Å². The van der Waals surface area contributed by atoms with E-state index in [1.54, 1.807) is 0 Å². The number of alkyl halides is 8. The van der Waals surface area contributed by atoms with Crippen molar-refractivity contribution in [3.63, 3.8) is 0 Å². The Morgan fingerprint density at radius 1 is 1.11 bits per heavy atom. The predicted octanol–water partition coefficient (Wildman–Crippen LogP) is 5.98. The van der Waals surface area contributed by atoms with Crippen LogP contribution in [0, 0.1) is 0 Å². The van der Waals surface area contributed by atoms with Crippen molar-refractivity contribution in [2.24, 2.45) is 0 Å². The smallest absolute Gasteiger partial charge is 0.135 e. The normalized spacial score (nSPS) is 21.5. The highest BCUT2D eigenvalue weighted by molar-refractivity contribution is 9.34. The first-order chi connectivity index (χ1) is 8.02. The molecule has 1 saturated heterocycles. The fourth-order valence-electron chi connectivity index (χ4n) is 0.954. The molecule has 0 aromatic heterocycles. The van der Waals surface area contributed by atoms with Gasteiger partial charge in [-0.2, -0.15) is 0 Å². The lowest BCUT2D eigenvalue weighted by Gasteiger charge is -2.44. The minimum atomic E-state index is -0.595. The molecule has 18 heavy (non-hydrogen) atoms. The minimum absolute atomic E-state index is 0.0440. The molecule has 2 nitrogen and oxygen atoms in total. The van der Waals surface area contributed by atoms with Gasteiger partial charge in [-0.25, -0.2) is 0 Å². The first kappa shape index (κ1) is 19.8. The number of hydrogen-bond donors (Lipinski definition) is 0. The Hall–Kier alpha value is 3.76. The summed E-state index contributed by atoms with van der Waals surface area (Å²) in [6.45, 7) is 1.82. The molecule has 0 amide bonds. The fraction of sp³-hybridized carbons (Fsp3) is 1.00. The Morgan fingerprint density at radius 2 is 1.61 bits per heavy atom. The van der Waals surface area contributed by atoms with Crippen LogP contribution in [-0.4, -0.2) is 39.4 Å². The van der Waals surface area contributed by atoms with Crippen molar-refractivity contribution in [1.82, 2.24) is 0 Å². The van der Waals surface area contributed by atoms with Gasteiger partial charge in [-0.05, 0) is 0 Å². The van der Waals surface area contributed by atoms with Crippen molar-refractivity contribution in [2.45, 2.75) is 19.5 Å². The summed E-state index contributed by atoms with van der Waals surface area (Å²) in [6, 6.07) is 0. The average molecular weight is 775 g/mol. The van der Waals surface area contributed by atoms with Gasteiger partial charge in [-0.15, -0.1) is 0 Å². The van der Waals surface area contributed by atoms with Crippen LogP contribution in [0.15, 0.2) is 0 Å². The maximum absolute atomic E-state index is 5.63. The predicted molar refractivity (Wildman–Crippen MR) is 104 cm³/mol. The van der Waals surface area contributed by atoms with Gasteiger partial charge in [0.1, 0.15) is 15.8 Å². The molecule has 0 saturated carbocycles. The van der Waals surface area contributed by atoms with Gasteiger partial charge in [-0.3, -0.25) is 0 Å². The largest absolute Gasteiger partial charge is 0.376 e. The second-order valence-electron chi connectivity index (χ2n) is 3.67. The highest BCUT2D eigenvalue weighted by Gasteiger charge is 2.60. The van der Waals surface area contributed by atoms with E-state index in [1.807, 2.05) is 0 Å². The average Bonchev–Trinajstić information content (AvgIpc) is 3.00. The quantitative estimate of drug-likeness (QED) is 0.235. The molecule has 0 spiro atoms. The molecule has 1 heterocycles. The van der Waals surface area contributed by atoms with Gasteiger partial charge in [0.2, 0.25) is 0 Å². The van der Waals surface area contributed by atoms with Crippen LogP contribution in [-0.2, 0) is 9.47 Å². The third-order valence-electron chi connectivity index (χ3n) is 2.14. The van der Waals surface area contributed by atoms with Gasteiger partial charge < -0.3 is 9.47 Å². The highest BCUT2D eigenvalue weighted by Crippen LogP contribution is 2.63. The van der Waals surface area contributed by atoms with Gasteiger partial charge >= 0.3 is 0 Å². The summed E-state index contributed by atoms with van der Waals surface area (Å²) in [6.07, 6.45) is 0.249. The molecule has 1 atom stereocenters. The molecular weight excluding hydrogens is 767 g/mol. The maximum Gasteiger partial charge on any atom is 0.135 e. The number of epoxide rings is 1. The van der Waals surface area contributed by atoms with Crippen molar-refractivity contribution >= 4 is 127 Å². The number of hydrogen-bond acceptors (Lipinski definition) is 2. The van der Waals surface area contributed by atoms with Gasteiger partial charge in [0, 0.05) is 0 Å². The van der Waals surface area contributed by atoms with E-state index in [1.165, 1.54) is 0 Å². The SMILES string of the molecule is BrC(Br)C(Br)(Br)C(Br)(Br)C(Br)(Br)COCC1CO1. The van der Waals surface area contributed by atoms with E-state index < -0.39 is 9.70 Å². The van der Waals surface area contributed by atoms with E-state index in [0.29, 0.717) is 13.2 Å². The summed E-state index contributed by atoms with van der Waals surface area (Å²) < 4.78 is 9.02. The monoisotopic (exact) mass is 767 g/mol. The Kier molecular flexibility index (Phi) is 8.31. The molecule has 1 aliphatic heterocycles. The van der Waals surface area contributed by atoms with Crippen molar-refractivity contribution < 1.29 is 9.47 Å². The van der Waals surface area contributed by atoms with Crippen molar-refractivity contribution in [3.8, 4) is 0 Å². The zero-order valence-electron chi connectivity index (χ0n) is 8.62. The zero-order chi connectivity index (χ0) is 14.2. The maximum atomic E-state index is 5.63. The molecule has 10 heteroatoms. The van der Waals surface area contributed by atoms with Crippen LogP contribution in [0.3, 0.4) is 0 Å². The number of ether oxygens (including phenoxy) is 2. The minimum Gasteiger partial charge on any atom is -0.376 e.